The van der Waals surface area contributed by atoms with Gasteiger partial charge < -0.3 is 10.0 Å². The predicted octanol–water partition coefficient (Wildman–Crippen LogP) is 5.06. The van der Waals surface area contributed by atoms with Crippen molar-refractivity contribution >= 4 is 5.78 Å². The van der Waals surface area contributed by atoms with Gasteiger partial charge >= 0.3 is 0 Å². The number of nitrogens with zero attached hydrogens (tertiary/aromatic N) is 1. The number of Topliss-reactive ketones (excluding diaryl/α,β-unsaturated/α-hetero) is 1. The zero-order chi connectivity index (χ0) is 20.4. The van der Waals surface area contributed by atoms with Gasteiger partial charge in [0.2, 0.25) is 0 Å². The zero-order valence-corrected chi connectivity index (χ0v) is 19.1. The predicted molar refractivity (Wildman–Crippen MR) is 117 cm³/mol. The molecule has 1 saturated heterocycles. The Morgan fingerprint density at radius 2 is 1.72 bits per heavy atom. The smallest absolute Gasteiger partial charge is 0.143 e. The molecular weight excluding hydrogens is 358 g/mol. The molecule has 0 amide bonds. The Kier molecular flexibility index (Phi) is 4.98. The number of rotatable bonds is 2. The highest BCUT2D eigenvalue weighted by atomic mass is 16.3. The lowest BCUT2D eigenvalue weighted by atomic mass is 9.40. The second kappa shape index (κ2) is 7.05. The first-order valence-corrected chi connectivity index (χ1v) is 12.7. The SMILES string of the molecule is C[C@@]12CC[C@H]3[C@H]4C[C@H](CN5CCCCC5)C(=O)[C@]4(C)CC[C@H]3[C@]1(C)CC[C@H](O)C2. The van der Waals surface area contributed by atoms with Gasteiger partial charge in [-0.15, -0.1) is 0 Å². The maximum Gasteiger partial charge on any atom is 0.143 e. The molecule has 29 heavy (non-hydrogen) atoms. The summed E-state index contributed by atoms with van der Waals surface area (Å²) in [6.07, 6.45) is 13.1. The van der Waals surface area contributed by atoms with Crippen LogP contribution in [0.3, 0.4) is 0 Å². The van der Waals surface area contributed by atoms with E-state index in [4.69, 9.17) is 0 Å². The number of ketones is 1. The summed E-state index contributed by atoms with van der Waals surface area (Å²) >= 11 is 0. The second-order valence-corrected chi connectivity index (χ2v) is 12.4. The molecule has 0 bridgehead atoms. The summed E-state index contributed by atoms with van der Waals surface area (Å²) in [5, 5.41) is 10.4. The fourth-order valence-corrected chi connectivity index (χ4v) is 9.16. The van der Waals surface area contributed by atoms with E-state index in [9.17, 15) is 9.90 Å². The van der Waals surface area contributed by atoms with Crippen LogP contribution >= 0.6 is 0 Å². The summed E-state index contributed by atoms with van der Waals surface area (Å²) in [6, 6.07) is 0. The van der Waals surface area contributed by atoms with Crippen LogP contribution in [0.25, 0.3) is 0 Å². The number of carbonyl (C=O) groups is 1. The lowest BCUT2D eigenvalue weighted by Crippen LogP contribution is -2.58. The molecule has 4 aliphatic carbocycles. The van der Waals surface area contributed by atoms with E-state index in [1.54, 1.807) is 0 Å². The largest absolute Gasteiger partial charge is 0.393 e. The van der Waals surface area contributed by atoms with Crippen LogP contribution in [-0.4, -0.2) is 41.5 Å². The monoisotopic (exact) mass is 401 g/mol. The highest BCUT2D eigenvalue weighted by Gasteiger charge is 2.64. The van der Waals surface area contributed by atoms with E-state index in [1.807, 2.05) is 0 Å². The molecule has 0 unspecified atom stereocenters. The van der Waals surface area contributed by atoms with Crippen molar-refractivity contribution in [2.45, 2.75) is 97.5 Å². The van der Waals surface area contributed by atoms with Crippen molar-refractivity contribution in [2.24, 2.45) is 39.9 Å². The van der Waals surface area contributed by atoms with Crippen LogP contribution < -0.4 is 0 Å². The first-order valence-electron chi connectivity index (χ1n) is 12.7. The number of hydrogen-bond acceptors (Lipinski definition) is 3. The van der Waals surface area contributed by atoms with Crippen molar-refractivity contribution in [1.29, 1.82) is 0 Å². The van der Waals surface area contributed by atoms with Gasteiger partial charge in [-0.1, -0.05) is 27.2 Å². The first-order chi connectivity index (χ1) is 13.8. The Balaban J connectivity index is 1.37. The fourth-order valence-electron chi connectivity index (χ4n) is 9.16. The van der Waals surface area contributed by atoms with Gasteiger partial charge in [0.1, 0.15) is 5.78 Å². The van der Waals surface area contributed by atoms with Crippen molar-refractivity contribution in [2.75, 3.05) is 19.6 Å². The number of carbonyl (C=O) groups excluding carboxylic acids is 1. The molecule has 8 atom stereocenters. The minimum atomic E-state index is -0.0968. The standard InChI is InChI=1S/C26H43NO2/c1-24-10-8-20-21(26(24,3)12-7-19(28)16-24)9-11-25(2)22(20)15-18(23(25)29)17-27-13-5-4-6-14-27/h18-22,28H,4-17H2,1-3H3/t18-,19+,20-,21-,22-,24+,25-,26+/m1/s1. The maximum atomic E-state index is 13.6. The normalized spacial score (nSPS) is 53.2. The second-order valence-electron chi connectivity index (χ2n) is 12.4. The van der Waals surface area contributed by atoms with Gasteiger partial charge in [0.15, 0.2) is 0 Å². The molecule has 4 saturated carbocycles. The van der Waals surface area contributed by atoms with E-state index >= 15 is 0 Å². The van der Waals surface area contributed by atoms with Crippen LogP contribution in [0.5, 0.6) is 0 Å². The van der Waals surface area contributed by atoms with Crippen molar-refractivity contribution in [3.8, 4) is 0 Å². The summed E-state index contributed by atoms with van der Waals surface area (Å²) in [7, 11) is 0. The van der Waals surface area contributed by atoms with E-state index < -0.39 is 0 Å². The Morgan fingerprint density at radius 3 is 2.48 bits per heavy atom. The van der Waals surface area contributed by atoms with Gasteiger partial charge in [-0.3, -0.25) is 4.79 Å². The first kappa shape index (κ1) is 20.5. The molecule has 0 aromatic heterocycles. The lowest BCUT2D eigenvalue weighted by Gasteiger charge is -2.64. The van der Waals surface area contributed by atoms with Crippen LogP contribution in [0.1, 0.15) is 91.4 Å². The van der Waals surface area contributed by atoms with Gasteiger partial charge in [-0.2, -0.15) is 0 Å². The van der Waals surface area contributed by atoms with Gasteiger partial charge in [-0.25, -0.2) is 0 Å². The molecule has 3 nitrogen and oxygen atoms in total. The molecule has 0 aromatic carbocycles. The van der Waals surface area contributed by atoms with Crippen LogP contribution in [-0.2, 0) is 4.79 Å². The van der Waals surface area contributed by atoms with E-state index in [0.29, 0.717) is 17.1 Å². The third-order valence-electron chi connectivity index (χ3n) is 11.1. The minimum Gasteiger partial charge on any atom is -0.393 e. The Labute approximate surface area is 178 Å². The molecular formula is C26H43NO2. The van der Waals surface area contributed by atoms with Gasteiger partial charge in [-0.05, 0) is 106 Å². The summed E-state index contributed by atoms with van der Waals surface area (Å²) in [4.78, 5) is 16.2. The molecule has 0 aromatic rings. The highest BCUT2D eigenvalue weighted by Crippen LogP contribution is 2.69. The summed E-state index contributed by atoms with van der Waals surface area (Å²) in [6.45, 7) is 10.8. The van der Waals surface area contributed by atoms with E-state index in [0.717, 1.165) is 44.1 Å². The van der Waals surface area contributed by atoms with Crippen molar-refractivity contribution in [1.82, 2.24) is 4.90 Å². The van der Waals surface area contributed by atoms with Crippen molar-refractivity contribution in [3.05, 3.63) is 0 Å². The minimum absolute atomic E-state index is 0.0557. The number of fused-ring (bicyclic) bond motifs is 5. The Bertz CT molecular complexity index is 657. The maximum absolute atomic E-state index is 13.6. The van der Waals surface area contributed by atoms with Gasteiger partial charge in [0.05, 0.1) is 6.10 Å². The van der Waals surface area contributed by atoms with Crippen LogP contribution in [0.2, 0.25) is 0 Å². The third kappa shape index (κ3) is 3.00. The van der Waals surface area contributed by atoms with Gasteiger partial charge in [0, 0.05) is 17.9 Å². The average molecular weight is 402 g/mol. The number of piperidine rings is 1. The molecule has 5 aliphatic rings. The molecule has 1 N–H and O–H groups in total. The van der Waals surface area contributed by atoms with Crippen molar-refractivity contribution < 1.29 is 9.90 Å². The Morgan fingerprint density at radius 1 is 0.966 bits per heavy atom. The highest BCUT2D eigenvalue weighted by molar-refractivity contribution is 5.89. The number of aliphatic hydroxyl groups excluding tert-OH is 1. The molecule has 0 spiro atoms. The third-order valence-corrected chi connectivity index (χ3v) is 11.1. The summed E-state index contributed by atoms with van der Waals surface area (Å²) in [5.74, 6) is 3.00. The number of likely N-dealkylation sites (tertiary alicyclic amines) is 1. The van der Waals surface area contributed by atoms with E-state index in [1.165, 1.54) is 58.0 Å². The van der Waals surface area contributed by atoms with Crippen molar-refractivity contribution in [3.63, 3.8) is 0 Å². The van der Waals surface area contributed by atoms with Crippen LogP contribution in [0.4, 0.5) is 0 Å². The fraction of sp³-hybridized carbons (Fsp3) is 0.962. The van der Waals surface area contributed by atoms with E-state index in [-0.39, 0.29) is 22.9 Å². The lowest BCUT2D eigenvalue weighted by molar-refractivity contribution is -0.169. The molecule has 5 rings (SSSR count). The summed E-state index contributed by atoms with van der Waals surface area (Å²) in [5.41, 5.74) is 0.583. The average Bonchev–Trinajstić information content (AvgIpc) is 2.95. The number of aliphatic hydroxyl groups is 1. The molecule has 1 aliphatic heterocycles. The molecule has 164 valence electrons. The zero-order valence-electron chi connectivity index (χ0n) is 19.1. The van der Waals surface area contributed by atoms with Gasteiger partial charge in [0.25, 0.3) is 0 Å². The quantitative estimate of drug-likeness (QED) is 0.703. The topological polar surface area (TPSA) is 40.5 Å². The molecule has 1 heterocycles. The molecule has 0 radical (unpaired) electrons. The van der Waals surface area contributed by atoms with E-state index in [2.05, 4.69) is 25.7 Å². The molecule has 5 fully saturated rings. The number of hydrogen-bond donors (Lipinski definition) is 1. The Hall–Kier alpha value is -0.410. The summed E-state index contributed by atoms with van der Waals surface area (Å²) < 4.78 is 0. The van der Waals surface area contributed by atoms with Crippen LogP contribution in [0.15, 0.2) is 0 Å². The van der Waals surface area contributed by atoms with Crippen LogP contribution in [0, 0.1) is 39.9 Å². The molecule has 3 heteroatoms.